The predicted octanol–water partition coefficient (Wildman–Crippen LogP) is 4.98. The zero-order chi connectivity index (χ0) is 15.0. The van der Waals surface area contributed by atoms with Gasteiger partial charge in [0.1, 0.15) is 0 Å². The maximum absolute atomic E-state index is 4.61. The van der Waals surface area contributed by atoms with Gasteiger partial charge in [0.25, 0.3) is 0 Å². The van der Waals surface area contributed by atoms with E-state index in [0.29, 0.717) is 0 Å². The third-order valence-corrected chi connectivity index (χ3v) is 4.09. The molecule has 0 aliphatic rings. The number of benzene rings is 2. The van der Waals surface area contributed by atoms with E-state index in [0.717, 1.165) is 11.4 Å². The standard InChI is InChI=1S/C19H20N2/c1-12-7-5-8-13(2)16(12)18-19(21-11-20-18)17-14(3)9-6-10-15(17)4/h5-11H,1-4H3,(H,20,21). The first kappa shape index (κ1) is 13.6. The van der Waals surface area contributed by atoms with Crippen LogP contribution in [0, 0.1) is 27.7 Å². The monoisotopic (exact) mass is 276 g/mol. The lowest BCUT2D eigenvalue weighted by molar-refractivity contribution is 1.29. The zero-order valence-corrected chi connectivity index (χ0v) is 13.0. The molecule has 1 heterocycles. The Morgan fingerprint density at radius 3 is 1.71 bits per heavy atom. The summed E-state index contributed by atoms with van der Waals surface area (Å²) in [5.41, 5.74) is 9.71. The molecular formula is C19H20N2. The van der Waals surface area contributed by atoms with Gasteiger partial charge in [-0.1, -0.05) is 36.4 Å². The minimum atomic E-state index is 1.04. The number of imidazole rings is 1. The van der Waals surface area contributed by atoms with E-state index >= 15 is 0 Å². The average molecular weight is 276 g/mol. The molecule has 1 N–H and O–H groups in total. The van der Waals surface area contributed by atoms with Crippen molar-refractivity contribution in [2.75, 3.05) is 0 Å². The highest BCUT2D eigenvalue weighted by Gasteiger charge is 2.17. The van der Waals surface area contributed by atoms with Crippen LogP contribution in [-0.4, -0.2) is 9.97 Å². The van der Waals surface area contributed by atoms with E-state index in [-0.39, 0.29) is 0 Å². The van der Waals surface area contributed by atoms with E-state index in [1.54, 1.807) is 6.33 Å². The lowest BCUT2D eigenvalue weighted by Crippen LogP contribution is -1.94. The Labute approximate surface area is 125 Å². The molecule has 0 spiro atoms. The Hall–Kier alpha value is -2.35. The summed E-state index contributed by atoms with van der Waals surface area (Å²) in [5, 5.41) is 0. The smallest absolute Gasteiger partial charge is 0.0966 e. The van der Waals surface area contributed by atoms with Gasteiger partial charge in [0.2, 0.25) is 0 Å². The fourth-order valence-corrected chi connectivity index (χ4v) is 3.07. The van der Waals surface area contributed by atoms with Gasteiger partial charge in [-0.15, -0.1) is 0 Å². The molecule has 2 heteroatoms. The molecule has 0 unspecified atom stereocenters. The van der Waals surface area contributed by atoms with Gasteiger partial charge in [-0.25, -0.2) is 4.98 Å². The summed E-state index contributed by atoms with van der Waals surface area (Å²) < 4.78 is 0. The van der Waals surface area contributed by atoms with Gasteiger partial charge in [-0.3, -0.25) is 0 Å². The van der Waals surface area contributed by atoms with Crippen molar-refractivity contribution >= 4 is 0 Å². The molecule has 3 rings (SSSR count). The Morgan fingerprint density at radius 1 is 0.714 bits per heavy atom. The molecule has 0 radical (unpaired) electrons. The van der Waals surface area contributed by atoms with Crippen molar-refractivity contribution in [2.24, 2.45) is 0 Å². The Kier molecular flexibility index (Phi) is 3.38. The van der Waals surface area contributed by atoms with Crippen LogP contribution in [0.1, 0.15) is 22.3 Å². The number of hydrogen-bond donors (Lipinski definition) is 1. The summed E-state index contributed by atoms with van der Waals surface area (Å²) in [6.45, 7) is 8.59. The third kappa shape index (κ3) is 2.27. The number of rotatable bonds is 2. The van der Waals surface area contributed by atoms with E-state index in [9.17, 15) is 0 Å². The second-order valence-corrected chi connectivity index (χ2v) is 5.66. The predicted molar refractivity (Wildman–Crippen MR) is 88.4 cm³/mol. The minimum absolute atomic E-state index is 1.04. The molecule has 106 valence electrons. The van der Waals surface area contributed by atoms with Gasteiger partial charge in [-0.2, -0.15) is 0 Å². The summed E-state index contributed by atoms with van der Waals surface area (Å²) in [7, 11) is 0. The van der Waals surface area contributed by atoms with Crippen molar-refractivity contribution in [3.63, 3.8) is 0 Å². The largest absolute Gasteiger partial charge is 0.344 e. The molecule has 21 heavy (non-hydrogen) atoms. The van der Waals surface area contributed by atoms with E-state index in [4.69, 9.17) is 0 Å². The summed E-state index contributed by atoms with van der Waals surface area (Å²) in [4.78, 5) is 7.96. The van der Waals surface area contributed by atoms with Gasteiger partial charge < -0.3 is 4.98 Å². The van der Waals surface area contributed by atoms with Crippen molar-refractivity contribution < 1.29 is 0 Å². The van der Waals surface area contributed by atoms with Crippen molar-refractivity contribution in [3.05, 3.63) is 65.0 Å². The third-order valence-electron chi connectivity index (χ3n) is 4.09. The Balaban J connectivity index is 2.28. The van der Waals surface area contributed by atoms with Crippen LogP contribution in [0.15, 0.2) is 42.7 Å². The van der Waals surface area contributed by atoms with Crippen LogP contribution in [0.2, 0.25) is 0 Å². The molecule has 3 aromatic rings. The fourth-order valence-electron chi connectivity index (χ4n) is 3.07. The number of hydrogen-bond acceptors (Lipinski definition) is 1. The number of nitrogens with one attached hydrogen (secondary N) is 1. The Morgan fingerprint density at radius 2 is 1.19 bits per heavy atom. The molecule has 0 bridgehead atoms. The fraction of sp³-hybridized carbons (Fsp3) is 0.211. The molecular weight excluding hydrogens is 256 g/mol. The molecule has 2 aromatic carbocycles. The number of aromatic nitrogens is 2. The van der Waals surface area contributed by atoms with Gasteiger partial charge in [0.15, 0.2) is 0 Å². The number of nitrogens with zero attached hydrogens (tertiary/aromatic N) is 1. The normalized spacial score (nSPS) is 10.9. The first-order valence-corrected chi connectivity index (χ1v) is 7.26. The summed E-state index contributed by atoms with van der Waals surface area (Å²) in [6, 6.07) is 12.8. The molecule has 0 saturated carbocycles. The maximum atomic E-state index is 4.61. The highest BCUT2D eigenvalue weighted by Crippen LogP contribution is 2.35. The molecule has 1 aromatic heterocycles. The lowest BCUT2D eigenvalue weighted by atomic mass is 9.93. The van der Waals surface area contributed by atoms with Crippen LogP contribution in [0.3, 0.4) is 0 Å². The van der Waals surface area contributed by atoms with Crippen LogP contribution in [-0.2, 0) is 0 Å². The first-order chi connectivity index (χ1) is 10.1. The number of aryl methyl sites for hydroxylation is 4. The lowest BCUT2D eigenvalue weighted by Gasteiger charge is -2.13. The molecule has 0 amide bonds. The quantitative estimate of drug-likeness (QED) is 0.702. The van der Waals surface area contributed by atoms with Crippen molar-refractivity contribution in [3.8, 4) is 22.5 Å². The van der Waals surface area contributed by atoms with E-state index in [1.807, 2.05) is 0 Å². The maximum Gasteiger partial charge on any atom is 0.0966 e. The van der Waals surface area contributed by atoms with Gasteiger partial charge in [-0.05, 0) is 49.9 Å². The topological polar surface area (TPSA) is 28.7 Å². The highest BCUT2D eigenvalue weighted by molar-refractivity contribution is 5.83. The minimum Gasteiger partial charge on any atom is -0.344 e. The molecule has 0 aliphatic carbocycles. The van der Waals surface area contributed by atoms with Crippen LogP contribution in [0.25, 0.3) is 22.5 Å². The second-order valence-electron chi connectivity index (χ2n) is 5.66. The molecule has 2 nitrogen and oxygen atoms in total. The molecule has 0 atom stereocenters. The van der Waals surface area contributed by atoms with Gasteiger partial charge >= 0.3 is 0 Å². The van der Waals surface area contributed by atoms with Crippen molar-refractivity contribution in [1.82, 2.24) is 9.97 Å². The van der Waals surface area contributed by atoms with E-state index < -0.39 is 0 Å². The number of H-pyrrole nitrogens is 1. The Bertz CT molecular complexity index is 691. The van der Waals surface area contributed by atoms with Crippen LogP contribution in [0.4, 0.5) is 0 Å². The summed E-state index contributed by atoms with van der Waals surface area (Å²) in [6.07, 6.45) is 1.79. The molecule has 0 fully saturated rings. The SMILES string of the molecule is Cc1cccc(C)c1-c1nc[nH]c1-c1c(C)cccc1C. The molecule has 0 aliphatic heterocycles. The van der Waals surface area contributed by atoms with E-state index in [2.05, 4.69) is 74.1 Å². The average Bonchev–Trinajstić information content (AvgIpc) is 2.87. The van der Waals surface area contributed by atoms with Crippen LogP contribution in [0.5, 0.6) is 0 Å². The second kappa shape index (κ2) is 5.21. The summed E-state index contributed by atoms with van der Waals surface area (Å²) >= 11 is 0. The van der Waals surface area contributed by atoms with Gasteiger partial charge in [0, 0.05) is 11.1 Å². The molecule has 0 saturated heterocycles. The van der Waals surface area contributed by atoms with Crippen molar-refractivity contribution in [1.29, 1.82) is 0 Å². The zero-order valence-electron chi connectivity index (χ0n) is 13.0. The van der Waals surface area contributed by atoms with E-state index in [1.165, 1.54) is 33.4 Å². The summed E-state index contributed by atoms with van der Waals surface area (Å²) in [5.74, 6) is 0. The highest BCUT2D eigenvalue weighted by atomic mass is 14.9. The van der Waals surface area contributed by atoms with Gasteiger partial charge in [0.05, 0.1) is 17.7 Å². The van der Waals surface area contributed by atoms with Crippen LogP contribution >= 0.6 is 0 Å². The first-order valence-electron chi connectivity index (χ1n) is 7.26. The number of aromatic amines is 1. The van der Waals surface area contributed by atoms with Crippen LogP contribution < -0.4 is 0 Å². The van der Waals surface area contributed by atoms with Crippen molar-refractivity contribution in [2.45, 2.75) is 27.7 Å².